The van der Waals surface area contributed by atoms with E-state index in [0.717, 1.165) is 12.8 Å². The number of aliphatic carboxylic acids is 1. The Morgan fingerprint density at radius 2 is 2.26 bits per heavy atom. The highest BCUT2D eigenvalue weighted by molar-refractivity contribution is 9.10. The van der Waals surface area contributed by atoms with Crippen LogP contribution in [0.1, 0.15) is 43.0 Å². The molecule has 6 heteroatoms. The summed E-state index contributed by atoms with van der Waals surface area (Å²) in [6, 6.07) is 1.20. The van der Waals surface area contributed by atoms with E-state index in [1.165, 1.54) is 6.26 Å². The van der Waals surface area contributed by atoms with Crippen LogP contribution in [-0.4, -0.2) is 23.0 Å². The first-order valence-electron chi connectivity index (χ1n) is 6.22. The first-order valence-corrected chi connectivity index (χ1v) is 7.01. The standard InChI is InChI=1S/C13H16BrNO4/c1-13(12(17)18)6-3-2-4-9(13)15-11(16)8-5-7-19-10(8)14/h5,7,9H,2-4,6H2,1H3,(H,15,16)(H,17,18). The summed E-state index contributed by atoms with van der Waals surface area (Å²) in [5, 5.41) is 12.2. The summed E-state index contributed by atoms with van der Waals surface area (Å²) in [7, 11) is 0. The predicted octanol–water partition coefficient (Wildman–Crippen LogP) is 2.81. The van der Waals surface area contributed by atoms with E-state index < -0.39 is 11.4 Å². The summed E-state index contributed by atoms with van der Waals surface area (Å²) in [5.41, 5.74) is -0.511. The van der Waals surface area contributed by atoms with Crippen molar-refractivity contribution in [3.63, 3.8) is 0 Å². The summed E-state index contributed by atoms with van der Waals surface area (Å²) in [6.07, 6.45) is 4.49. The van der Waals surface area contributed by atoms with Gasteiger partial charge < -0.3 is 14.8 Å². The van der Waals surface area contributed by atoms with Crippen molar-refractivity contribution in [1.29, 1.82) is 0 Å². The number of amides is 1. The van der Waals surface area contributed by atoms with Crippen molar-refractivity contribution in [3.8, 4) is 0 Å². The fourth-order valence-electron chi connectivity index (χ4n) is 2.51. The average molecular weight is 330 g/mol. The average Bonchev–Trinajstić information content (AvgIpc) is 2.78. The molecule has 1 fully saturated rings. The summed E-state index contributed by atoms with van der Waals surface area (Å²) in [6.45, 7) is 1.70. The van der Waals surface area contributed by atoms with Gasteiger partial charge in [-0.1, -0.05) is 12.8 Å². The van der Waals surface area contributed by atoms with E-state index in [4.69, 9.17) is 4.42 Å². The Bertz CT molecular complexity index is 499. The lowest BCUT2D eigenvalue weighted by molar-refractivity contribution is -0.151. The minimum Gasteiger partial charge on any atom is -0.481 e. The Labute approximate surface area is 119 Å². The van der Waals surface area contributed by atoms with Crippen LogP contribution >= 0.6 is 15.9 Å². The molecule has 2 unspecified atom stereocenters. The molecule has 0 radical (unpaired) electrons. The number of rotatable bonds is 3. The first kappa shape index (κ1) is 14.1. The van der Waals surface area contributed by atoms with Gasteiger partial charge in [-0.3, -0.25) is 9.59 Å². The highest BCUT2D eigenvalue weighted by Gasteiger charge is 2.44. The fourth-order valence-corrected chi connectivity index (χ4v) is 2.93. The van der Waals surface area contributed by atoms with Crippen molar-refractivity contribution < 1.29 is 19.1 Å². The topological polar surface area (TPSA) is 79.5 Å². The molecule has 0 bridgehead atoms. The molecule has 1 aliphatic rings. The van der Waals surface area contributed by atoms with E-state index in [0.29, 0.717) is 23.1 Å². The third-order valence-corrected chi connectivity index (χ3v) is 4.48. The lowest BCUT2D eigenvalue weighted by Crippen LogP contribution is -2.52. The van der Waals surface area contributed by atoms with Gasteiger partial charge in [-0.2, -0.15) is 0 Å². The van der Waals surface area contributed by atoms with Gasteiger partial charge in [-0.25, -0.2) is 0 Å². The van der Waals surface area contributed by atoms with Crippen LogP contribution in [0, 0.1) is 5.41 Å². The second-order valence-corrected chi connectivity index (χ2v) is 5.82. The van der Waals surface area contributed by atoms with Crippen LogP contribution in [0.25, 0.3) is 0 Å². The molecule has 2 rings (SSSR count). The molecule has 1 aromatic rings. The molecule has 0 aromatic carbocycles. The van der Waals surface area contributed by atoms with E-state index in [1.54, 1.807) is 13.0 Å². The molecule has 0 aliphatic heterocycles. The molecule has 1 aromatic heterocycles. The molecule has 2 N–H and O–H groups in total. The highest BCUT2D eigenvalue weighted by Crippen LogP contribution is 2.36. The van der Waals surface area contributed by atoms with Crippen LogP contribution in [0.4, 0.5) is 0 Å². The van der Waals surface area contributed by atoms with E-state index in [2.05, 4.69) is 21.2 Å². The number of hydrogen-bond acceptors (Lipinski definition) is 3. The minimum absolute atomic E-state index is 0.306. The van der Waals surface area contributed by atoms with Gasteiger partial charge in [-0.05, 0) is 41.8 Å². The Morgan fingerprint density at radius 3 is 2.84 bits per heavy atom. The van der Waals surface area contributed by atoms with Crippen molar-refractivity contribution in [2.45, 2.75) is 38.6 Å². The number of nitrogens with one attached hydrogen (secondary N) is 1. The number of carboxylic acid groups (broad SMARTS) is 1. The number of carboxylic acids is 1. The van der Waals surface area contributed by atoms with Gasteiger partial charge in [0.15, 0.2) is 4.67 Å². The third-order valence-electron chi connectivity index (χ3n) is 3.86. The SMILES string of the molecule is CC1(C(=O)O)CCCCC1NC(=O)c1ccoc1Br. The second kappa shape index (κ2) is 5.36. The van der Waals surface area contributed by atoms with E-state index in [1.807, 2.05) is 0 Å². The smallest absolute Gasteiger partial charge is 0.311 e. The summed E-state index contributed by atoms with van der Waals surface area (Å²) < 4.78 is 5.37. The van der Waals surface area contributed by atoms with Gasteiger partial charge in [0.1, 0.15) is 0 Å². The van der Waals surface area contributed by atoms with Crippen LogP contribution in [0.15, 0.2) is 21.4 Å². The van der Waals surface area contributed by atoms with Crippen molar-refractivity contribution in [2.24, 2.45) is 5.41 Å². The third kappa shape index (κ3) is 2.68. The monoisotopic (exact) mass is 329 g/mol. The van der Waals surface area contributed by atoms with Gasteiger partial charge in [0, 0.05) is 6.04 Å². The molecule has 104 valence electrons. The summed E-state index contributed by atoms with van der Waals surface area (Å²) >= 11 is 3.15. The van der Waals surface area contributed by atoms with Gasteiger partial charge in [0.05, 0.1) is 17.2 Å². The number of hydrogen-bond donors (Lipinski definition) is 2. The molecule has 19 heavy (non-hydrogen) atoms. The fraction of sp³-hybridized carbons (Fsp3) is 0.538. The number of halogens is 1. The van der Waals surface area contributed by atoms with Gasteiger partial charge in [0.25, 0.3) is 5.91 Å². The molecule has 0 saturated heterocycles. The highest BCUT2D eigenvalue weighted by atomic mass is 79.9. The summed E-state index contributed by atoms with van der Waals surface area (Å²) in [4.78, 5) is 23.6. The molecule has 1 heterocycles. The van der Waals surface area contributed by atoms with Crippen LogP contribution in [0.2, 0.25) is 0 Å². The maximum absolute atomic E-state index is 12.1. The van der Waals surface area contributed by atoms with E-state index in [-0.39, 0.29) is 11.9 Å². The molecule has 1 aliphatic carbocycles. The van der Waals surface area contributed by atoms with Crippen LogP contribution < -0.4 is 5.32 Å². The largest absolute Gasteiger partial charge is 0.481 e. The lowest BCUT2D eigenvalue weighted by Gasteiger charge is -2.38. The molecular formula is C13H16BrNO4. The Morgan fingerprint density at radius 1 is 1.53 bits per heavy atom. The van der Waals surface area contributed by atoms with Crippen LogP contribution in [-0.2, 0) is 4.79 Å². The zero-order valence-electron chi connectivity index (χ0n) is 10.6. The van der Waals surface area contributed by atoms with E-state index in [9.17, 15) is 14.7 Å². The maximum atomic E-state index is 12.1. The van der Waals surface area contributed by atoms with Crippen molar-refractivity contribution in [1.82, 2.24) is 5.32 Å². The molecular weight excluding hydrogens is 314 g/mol. The zero-order chi connectivity index (χ0) is 14.0. The van der Waals surface area contributed by atoms with Crippen LogP contribution in [0.5, 0.6) is 0 Å². The second-order valence-electron chi connectivity index (χ2n) is 5.10. The molecule has 5 nitrogen and oxygen atoms in total. The maximum Gasteiger partial charge on any atom is 0.311 e. The Hall–Kier alpha value is -1.30. The minimum atomic E-state index is -0.899. The number of carbonyl (C=O) groups is 2. The Kier molecular flexibility index (Phi) is 3.99. The van der Waals surface area contributed by atoms with E-state index >= 15 is 0 Å². The quantitative estimate of drug-likeness (QED) is 0.893. The molecule has 1 amide bonds. The summed E-state index contributed by atoms with van der Waals surface area (Å²) in [5.74, 6) is -1.16. The van der Waals surface area contributed by atoms with Gasteiger partial charge >= 0.3 is 5.97 Å². The molecule has 0 spiro atoms. The zero-order valence-corrected chi connectivity index (χ0v) is 12.2. The molecule has 1 saturated carbocycles. The van der Waals surface area contributed by atoms with Gasteiger partial charge in [-0.15, -0.1) is 0 Å². The number of furan rings is 1. The number of carbonyl (C=O) groups excluding carboxylic acids is 1. The predicted molar refractivity (Wildman–Crippen MR) is 71.9 cm³/mol. The normalized spacial score (nSPS) is 26.9. The first-order chi connectivity index (χ1) is 8.95. The Balaban J connectivity index is 2.15. The molecule has 2 atom stereocenters. The lowest BCUT2D eigenvalue weighted by atomic mass is 9.71. The van der Waals surface area contributed by atoms with Crippen molar-refractivity contribution in [3.05, 3.63) is 22.6 Å². The van der Waals surface area contributed by atoms with Crippen molar-refractivity contribution in [2.75, 3.05) is 0 Å². The van der Waals surface area contributed by atoms with Crippen LogP contribution in [0.3, 0.4) is 0 Å². The van der Waals surface area contributed by atoms with Crippen molar-refractivity contribution >= 4 is 27.8 Å². The van der Waals surface area contributed by atoms with Gasteiger partial charge in [0.2, 0.25) is 0 Å².